The van der Waals surface area contributed by atoms with Crippen LogP contribution in [-0.4, -0.2) is 26.6 Å². The quantitative estimate of drug-likeness (QED) is 0.307. The summed E-state index contributed by atoms with van der Waals surface area (Å²) in [4.78, 5) is 13.3. The largest absolute Gasteiger partial charge is 0.455 e. The number of aromatic nitrogens is 3. The molecule has 0 saturated carbocycles. The summed E-state index contributed by atoms with van der Waals surface area (Å²) < 4.78 is 16.4. The van der Waals surface area contributed by atoms with E-state index < -0.39 is 0 Å². The van der Waals surface area contributed by atoms with E-state index in [0.29, 0.717) is 17.0 Å². The lowest BCUT2D eigenvalue weighted by molar-refractivity contribution is -0.144. The Bertz CT molecular complexity index is 1130. The van der Waals surface area contributed by atoms with Crippen LogP contribution in [0.2, 0.25) is 0 Å². The van der Waals surface area contributed by atoms with Crippen LogP contribution in [0.15, 0.2) is 74.5 Å². The van der Waals surface area contributed by atoms with Crippen LogP contribution in [0.5, 0.6) is 0 Å². The Balaban J connectivity index is 1.43. The maximum Gasteiger partial charge on any atom is 0.319 e. The highest BCUT2D eigenvalue weighted by molar-refractivity contribution is 8.00. The number of ether oxygens (including phenoxy) is 1. The molecular formula is C22H19N3O4S. The Morgan fingerprint density at radius 2 is 1.77 bits per heavy atom. The van der Waals surface area contributed by atoms with Crippen LogP contribution in [0.3, 0.4) is 0 Å². The van der Waals surface area contributed by atoms with Crippen LogP contribution < -0.4 is 0 Å². The second-order valence-electron chi connectivity index (χ2n) is 6.51. The van der Waals surface area contributed by atoms with Gasteiger partial charge in [0.2, 0.25) is 0 Å². The summed E-state index contributed by atoms with van der Waals surface area (Å²) in [6.45, 7) is 3.48. The summed E-state index contributed by atoms with van der Waals surface area (Å²) >= 11 is 1.43. The fourth-order valence-corrected chi connectivity index (χ4v) is 3.72. The minimum absolute atomic E-state index is 0.101. The Morgan fingerprint density at radius 1 is 1.07 bits per heavy atom. The number of esters is 1. The van der Waals surface area contributed by atoms with Crippen molar-refractivity contribution in [3.63, 3.8) is 0 Å². The van der Waals surface area contributed by atoms with Crippen LogP contribution in [0, 0.1) is 6.92 Å². The number of carbonyl (C=O) groups excluding carboxylic acids is 1. The third kappa shape index (κ3) is 4.44. The van der Waals surface area contributed by atoms with Crippen molar-refractivity contribution in [2.24, 2.45) is 0 Å². The number of rotatable bonds is 7. The van der Waals surface area contributed by atoms with Crippen molar-refractivity contribution < 1.29 is 18.5 Å². The second kappa shape index (κ2) is 8.96. The van der Waals surface area contributed by atoms with Gasteiger partial charge in [0, 0.05) is 10.5 Å². The van der Waals surface area contributed by atoms with Gasteiger partial charge in [0.1, 0.15) is 22.3 Å². The van der Waals surface area contributed by atoms with Crippen molar-refractivity contribution in [2.75, 3.05) is 0 Å². The van der Waals surface area contributed by atoms with Gasteiger partial charge in [0.25, 0.3) is 11.8 Å². The molecular weight excluding hydrogens is 402 g/mol. The molecule has 0 N–H and O–H groups in total. The molecule has 0 aliphatic carbocycles. The first kappa shape index (κ1) is 19.9. The van der Waals surface area contributed by atoms with Gasteiger partial charge in [0.05, 0.1) is 0 Å². The molecule has 7 nitrogen and oxygen atoms in total. The molecule has 4 aromatic rings. The molecule has 2 aromatic heterocycles. The summed E-state index contributed by atoms with van der Waals surface area (Å²) in [7, 11) is 0. The van der Waals surface area contributed by atoms with Crippen LogP contribution in [0.4, 0.5) is 0 Å². The highest BCUT2D eigenvalue weighted by Crippen LogP contribution is 2.33. The van der Waals surface area contributed by atoms with E-state index in [1.807, 2.05) is 60.7 Å². The van der Waals surface area contributed by atoms with E-state index in [-0.39, 0.29) is 29.6 Å². The molecule has 0 bridgehead atoms. The first-order valence-corrected chi connectivity index (χ1v) is 10.2. The van der Waals surface area contributed by atoms with E-state index in [2.05, 4.69) is 15.4 Å². The van der Waals surface area contributed by atoms with Gasteiger partial charge in [-0.25, -0.2) is 0 Å². The maximum atomic E-state index is 12.3. The van der Waals surface area contributed by atoms with E-state index in [4.69, 9.17) is 13.7 Å². The maximum absolute atomic E-state index is 12.3. The zero-order valence-corrected chi connectivity index (χ0v) is 17.3. The molecule has 0 radical (unpaired) electrons. The molecule has 0 aliphatic heterocycles. The summed E-state index contributed by atoms with van der Waals surface area (Å²) in [5.41, 5.74) is 2.12. The molecule has 1 atom stereocenters. The lowest BCUT2D eigenvalue weighted by atomic mass is 10.1. The first-order chi connectivity index (χ1) is 14.6. The number of hydrogen-bond acceptors (Lipinski definition) is 8. The number of aryl methyl sites for hydroxylation is 1. The van der Waals surface area contributed by atoms with Gasteiger partial charge in [-0.05, 0) is 26.0 Å². The molecule has 0 spiro atoms. The minimum atomic E-state index is -0.361. The van der Waals surface area contributed by atoms with E-state index in [1.54, 1.807) is 13.8 Å². The van der Waals surface area contributed by atoms with Gasteiger partial charge in [-0.2, -0.15) is 0 Å². The smallest absolute Gasteiger partial charge is 0.319 e. The molecule has 8 heteroatoms. The van der Waals surface area contributed by atoms with Crippen LogP contribution >= 0.6 is 11.8 Å². The molecule has 152 valence electrons. The van der Waals surface area contributed by atoms with Gasteiger partial charge >= 0.3 is 5.97 Å². The van der Waals surface area contributed by atoms with Gasteiger partial charge in [-0.1, -0.05) is 53.7 Å². The number of thioether (sulfide) groups is 1. The van der Waals surface area contributed by atoms with Crippen LogP contribution in [0.1, 0.15) is 18.6 Å². The Labute approximate surface area is 177 Å². The van der Waals surface area contributed by atoms with Crippen molar-refractivity contribution in [2.45, 2.75) is 30.6 Å². The average molecular weight is 421 g/mol. The summed E-state index contributed by atoms with van der Waals surface area (Å²) in [6, 6.07) is 19.3. The monoisotopic (exact) mass is 421 g/mol. The predicted octanol–water partition coefficient (Wildman–Crippen LogP) is 4.92. The molecule has 0 fully saturated rings. The highest BCUT2D eigenvalue weighted by Gasteiger charge is 2.23. The normalized spacial score (nSPS) is 11.9. The van der Waals surface area contributed by atoms with Gasteiger partial charge in [0.15, 0.2) is 6.61 Å². The zero-order valence-electron chi connectivity index (χ0n) is 16.4. The zero-order chi connectivity index (χ0) is 20.9. The number of nitrogens with zero attached hydrogens (tertiary/aromatic N) is 3. The molecule has 30 heavy (non-hydrogen) atoms. The van der Waals surface area contributed by atoms with Crippen LogP contribution in [-0.2, 0) is 16.1 Å². The van der Waals surface area contributed by atoms with Crippen molar-refractivity contribution in [3.8, 4) is 22.7 Å². The number of hydrogen-bond donors (Lipinski definition) is 0. The van der Waals surface area contributed by atoms with Crippen molar-refractivity contribution in [1.29, 1.82) is 0 Å². The van der Waals surface area contributed by atoms with Crippen LogP contribution in [0.25, 0.3) is 22.7 Å². The van der Waals surface area contributed by atoms with E-state index in [1.165, 1.54) is 11.8 Å². The molecule has 2 aromatic carbocycles. The number of carbonyl (C=O) groups is 1. The third-order valence-electron chi connectivity index (χ3n) is 4.32. The summed E-state index contributed by atoms with van der Waals surface area (Å²) in [5, 5.41) is 11.8. The highest BCUT2D eigenvalue weighted by atomic mass is 32.2. The second-order valence-corrected chi connectivity index (χ2v) is 7.92. The number of benzene rings is 2. The Kier molecular flexibility index (Phi) is 5.94. The summed E-state index contributed by atoms with van der Waals surface area (Å²) in [6.07, 6.45) is 0. The topological polar surface area (TPSA) is 91.3 Å². The van der Waals surface area contributed by atoms with E-state index in [9.17, 15) is 4.79 Å². The molecule has 0 saturated heterocycles. The Morgan fingerprint density at radius 3 is 2.50 bits per heavy atom. The lowest BCUT2D eigenvalue weighted by Gasteiger charge is -2.09. The third-order valence-corrected chi connectivity index (χ3v) is 5.41. The molecule has 4 rings (SSSR count). The Hall–Kier alpha value is -3.39. The minimum Gasteiger partial charge on any atom is -0.455 e. The van der Waals surface area contributed by atoms with Gasteiger partial charge in [-0.15, -0.1) is 22.0 Å². The molecule has 1 unspecified atom stereocenters. The first-order valence-electron chi connectivity index (χ1n) is 9.34. The average Bonchev–Trinajstić information content (AvgIpc) is 3.39. The SMILES string of the molecule is Cc1onc(-c2ccccc2)c1-c1nnc(COC(=O)C(C)Sc2ccccc2)o1. The fourth-order valence-electron chi connectivity index (χ4n) is 2.83. The van der Waals surface area contributed by atoms with E-state index >= 15 is 0 Å². The predicted molar refractivity (Wildman–Crippen MR) is 112 cm³/mol. The van der Waals surface area contributed by atoms with E-state index in [0.717, 1.165) is 10.5 Å². The molecule has 0 aliphatic rings. The fraction of sp³-hybridized carbons (Fsp3) is 0.182. The van der Waals surface area contributed by atoms with Gasteiger partial charge < -0.3 is 13.7 Å². The molecule has 2 heterocycles. The van der Waals surface area contributed by atoms with Crippen molar-refractivity contribution >= 4 is 17.7 Å². The van der Waals surface area contributed by atoms with Crippen molar-refractivity contribution in [1.82, 2.24) is 15.4 Å². The molecule has 0 amide bonds. The van der Waals surface area contributed by atoms with Crippen molar-refractivity contribution in [3.05, 3.63) is 72.3 Å². The summed E-state index contributed by atoms with van der Waals surface area (Å²) in [5.74, 6) is 0.684. The lowest BCUT2D eigenvalue weighted by Crippen LogP contribution is -2.16. The van der Waals surface area contributed by atoms with Gasteiger partial charge in [-0.3, -0.25) is 4.79 Å². The standard InChI is InChI=1S/C22H19N3O4S/c1-14-19(20(25-29-14)16-9-5-3-6-10-16)21-24-23-18(28-21)13-27-22(26)15(2)30-17-11-7-4-8-12-17/h3-12,15H,13H2,1-2H3.